The molecule has 0 aliphatic heterocycles. The minimum atomic E-state index is -0.813. The van der Waals surface area contributed by atoms with Gasteiger partial charge >= 0.3 is 0 Å². The van der Waals surface area contributed by atoms with E-state index < -0.39 is 5.92 Å². The van der Waals surface area contributed by atoms with Crippen LogP contribution in [-0.2, 0) is 0 Å². The van der Waals surface area contributed by atoms with Crippen molar-refractivity contribution < 1.29 is 9.21 Å². The van der Waals surface area contributed by atoms with Gasteiger partial charge in [0, 0.05) is 0 Å². The molecule has 2 rings (SSSR count). The molecule has 2 aromatic rings. The Hall–Kier alpha value is -2.34. The lowest BCUT2D eigenvalue weighted by molar-refractivity contribution is 0.0952. The molecular formula is C16H15NO2. The minimum Gasteiger partial charge on any atom is -0.461 e. The van der Waals surface area contributed by atoms with E-state index in [9.17, 15) is 10.1 Å². The van der Waals surface area contributed by atoms with Crippen molar-refractivity contribution in [3.05, 3.63) is 59.5 Å². The Morgan fingerprint density at radius 3 is 2.26 bits per heavy atom. The third kappa shape index (κ3) is 2.74. The summed E-state index contributed by atoms with van der Waals surface area (Å²) in [6.07, 6.45) is 1.43. The molecule has 0 aliphatic rings. The number of nitrogens with zero attached hydrogens (tertiary/aromatic N) is 1. The van der Waals surface area contributed by atoms with Crippen molar-refractivity contribution in [3.8, 4) is 6.07 Å². The van der Waals surface area contributed by atoms with Gasteiger partial charge in [-0.1, -0.05) is 38.1 Å². The van der Waals surface area contributed by atoms with Crippen LogP contribution in [0.1, 0.15) is 47.4 Å². The molecule has 1 atom stereocenters. The fourth-order valence-electron chi connectivity index (χ4n) is 1.92. The molecule has 1 heterocycles. The molecule has 19 heavy (non-hydrogen) atoms. The number of rotatable bonds is 4. The fraction of sp³-hybridized carbons (Fsp3) is 0.250. The van der Waals surface area contributed by atoms with Crippen LogP contribution in [-0.4, -0.2) is 5.78 Å². The smallest absolute Gasteiger partial charge is 0.219 e. The van der Waals surface area contributed by atoms with E-state index in [2.05, 4.69) is 13.8 Å². The first-order valence-electron chi connectivity index (χ1n) is 6.20. The highest BCUT2D eigenvalue weighted by Gasteiger charge is 2.23. The summed E-state index contributed by atoms with van der Waals surface area (Å²) < 4.78 is 5.06. The largest absolute Gasteiger partial charge is 0.461 e. The van der Waals surface area contributed by atoms with E-state index in [4.69, 9.17) is 4.42 Å². The number of ketones is 1. The highest BCUT2D eigenvalue weighted by atomic mass is 16.3. The molecule has 1 aromatic heterocycles. The first-order valence-corrected chi connectivity index (χ1v) is 6.20. The summed E-state index contributed by atoms with van der Waals surface area (Å²) in [6.45, 7) is 4.20. The molecule has 0 aliphatic carbocycles. The molecular weight excluding hydrogens is 238 g/mol. The molecule has 1 aromatic carbocycles. The van der Waals surface area contributed by atoms with Gasteiger partial charge in [-0.25, -0.2) is 0 Å². The molecule has 0 fully saturated rings. The number of Topliss-reactive ketones (excluding diaryl/α,β-unsaturated/α-hetero) is 1. The van der Waals surface area contributed by atoms with Gasteiger partial charge in [-0.15, -0.1) is 0 Å². The normalized spacial score (nSPS) is 12.1. The predicted octanol–water partition coefficient (Wildman–Crippen LogP) is 3.89. The van der Waals surface area contributed by atoms with Gasteiger partial charge in [0.15, 0.2) is 5.76 Å². The zero-order valence-electron chi connectivity index (χ0n) is 11.0. The Morgan fingerprint density at radius 2 is 1.79 bits per heavy atom. The Labute approximate surface area is 112 Å². The van der Waals surface area contributed by atoms with Crippen molar-refractivity contribution in [2.75, 3.05) is 0 Å². The third-order valence-corrected chi connectivity index (χ3v) is 3.09. The molecule has 3 nitrogen and oxygen atoms in total. The van der Waals surface area contributed by atoms with Crippen LogP contribution in [0.4, 0.5) is 0 Å². The Balaban J connectivity index is 2.28. The first kappa shape index (κ1) is 13.1. The third-order valence-electron chi connectivity index (χ3n) is 3.09. The maximum atomic E-state index is 12.1. The Bertz CT molecular complexity index is 589. The molecule has 0 radical (unpaired) electrons. The second-order valence-electron chi connectivity index (χ2n) is 4.73. The summed E-state index contributed by atoms with van der Waals surface area (Å²) in [5, 5.41) is 9.21. The van der Waals surface area contributed by atoms with E-state index >= 15 is 0 Å². The van der Waals surface area contributed by atoms with E-state index in [0.29, 0.717) is 11.5 Å². The molecule has 0 N–H and O–H groups in total. The first-order chi connectivity index (χ1) is 9.13. The van der Waals surface area contributed by atoms with Crippen molar-refractivity contribution in [3.63, 3.8) is 0 Å². The predicted molar refractivity (Wildman–Crippen MR) is 71.9 cm³/mol. The van der Waals surface area contributed by atoms with Crippen LogP contribution in [0.2, 0.25) is 0 Å². The van der Waals surface area contributed by atoms with Crippen LogP contribution in [0.25, 0.3) is 0 Å². The average molecular weight is 253 g/mol. The molecule has 0 saturated carbocycles. The van der Waals surface area contributed by atoms with Crippen LogP contribution in [0.5, 0.6) is 0 Å². The molecule has 0 amide bonds. The van der Waals surface area contributed by atoms with Crippen molar-refractivity contribution in [2.24, 2.45) is 0 Å². The number of hydrogen-bond acceptors (Lipinski definition) is 3. The zero-order valence-corrected chi connectivity index (χ0v) is 11.0. The summed E-state index contributed by atoms with van der Waals surface area (Å²) in [7, 11) is 0. The summed E-state index contributed by atoms with van der Waals surface area (Å²) >= 11 is 0. The topological polar surface area (TPSA) is 54.0 Å². The number of carbonyl (C=O) groups excluding carboxylic acids is 1. The number of nitriles is 1. The van der Waals surface area contributed by atoms with E-state index in [0.717, 1.165) is 0 Å². The molecule has 1 unspecified atom stereocenters. The highest BCUT2D eigenvalue weighted by molar-refractivity contribution is 6.00. The van der Waals surface area contributed by atoms with Gasteiger partial charge in [0.25, 0.3) is 0 Å². The SMILES string of the molecule is CC(C)c1ccc(C(C#N)C(=O)c2ccco2)cc1. The lowest BCUT2D eigenvalue weighted by Gasteiger charge is -2.09. The monoisotopic (exact) mass is 253 g/mol. The van der Waals surface area contributed by atoms with Gasteiger partial charge in [0.1, 0.15) is 5.92 Å². The molecule has 0 bridgehead atoms. The second-order valence-corrected chi connectivity index (χ2v) is 4.73. The standard InChI is InChI=1S/C16H15NO2/c1-11(2)12-5-7-13(8-6-12)14(10-17)16(18)15-4-3-9-19-15/h3-9,11,14H,1-2H3. The van der Waals surface area contributed by atoms with Gasteiger partial charge in [-0.05, 0) is 29.2 Å². The second kappa shape index (κ2) is 5.53. The lowest BCUT2D eigenvalue weighted by atomic mass is 9.92. The molecule has 96 valence electrons. The molecule has 3 heteroatoms. The Kier molecular flexibility index (Phi) is 3.82. The van der Waals surface area contributed by atoms with Gasteiger partial charge in [0.05, 0.1) is 12.3 Å². The van der Waals surface area contributed by atoms with Gasteiger partial charge < -0.3 is 4.42 Å². The maximum absolute atomic E-state index is 12.1. The zero-order chi connectivity index (χ0) is 13.8. The number of benzene rings is 1. The Morgan fingerprint density at radius 1 is 1.16 bits per heavy atom. The van der Waals surface area contributed by atoms with Crippen molar-refractivity contribution >= 4 is 5.78 Å². The van der Waals surface area contributed by atoms with Gasteiger partial charge in [-0.3, -0.25) is 4.79 Å². The van der Waals surface area contributed by atoms with E-state index in [1.165, 1.54) is 11.8 Å². The fourth-order valence-corrected chi connectivity index (χ4v) is 1.92. The van der Waals surface area contributed by atoms with Crippen LogP contribution >= 0.6 is 0 Å². The van der Waals surface area contributed by atoms with E-state index in [-0.39, 0.29) is 11.5 Å². The van der Waals surface area contributed by atoms with E-state index in [1.807, 2.05) is 30.3 Å². The summed E-state index contributed by atoms with van der Waals surface area (Å²) in [5.74, 6) is -0.466. The highest BCUT2D eigenvalue weighted by Crippen LogP contribution is 2.23. The molecule has 0 saturated heterocycles. The lowest BCUT2D eigenvalue weighted by Crippen LogP contribution is -2.10. The number of hydrogen-bond donors (Lipinski definition) is 0. The minimum absolute atomic E-state index is 0.222. The van der Waals surface area contributed by atoms with Gasteiger partial charge in [0.2, 0.25) is 5.78 Å². The molecule has 0 spiro atoms. The van der Waals surface area contributed by atoms with Crippen molar-refractivity contribution in [1.29, 1.82) is 5.26 Å². The van der Waals surface area contributed by atoms with Crippen LogP contribution in [0.3, 0.4) is 0 Å². The quantitative estimate of drug-likeness (QED) is 0.776. The van der Waals surface area contributed by atoms with Crippen molar-refractivity contribution in [1.82, 2.24) is 0 Å². The number of carbonyl (C=O) groups is 1. The van der Waals surface area contributed by atoms with Crippen LogP contribution in [0.15, 0.2) is 47.1 Å². The van der Waals surface area contributed by atoms with Gasteiger partial charge in [-0.2, -0.15) is 5.26 Å². The van der Waals surface area contributed by atoms with Crippen LogP contribution in [0, 0.1) is 11.3 Å². The van der Waals surface area contributed by atoms with E-state index in [1.54, 1.807) is 12.1 Å². The maximum Gasteiger partial charge on any atom is 0.219 e. The summed E-state index contributed by atoms with van der Waals surface area (Å²) in [5.41, 5.74) is 1.89. The van der Waals surface area contributed by atoms with Crippen LogP contribution < -0.4 is 0 Å². The number of furan rings is 1. The summed E-state index contributed by atoms with van der Waals surface area (Å²) in [6, 6.07) is 12.9. The average Bonchev–Trinajstić information content (AvgIpc) is 2.94. The van der Waals surface area contributed by atoms with Crippen molar-refractivity contribution in [2.45, 2.75) is 25.7 Å². The summed E-state index contributed by atoms with van der Waals surface area (Å²) in [4.78, 5) is 12.1.